The average molecular weight is 403 g/mol. The fourth-order valence-electron chi connectivity index (χ4n) is 3.31. The summed E-state index contributed by atoms with van der Waals surface area (Å²) in [5.74, 6) is 1.77. The molecule has 2 aromatic rings. The lowest BCUT2D eigenvalue weighted by Gasteiger charge is -2.37. The van der Waals surface area contributed by atoms with Crippen LogP contribution in [0.25, 0.3) is 0 Å². The van der Waals surface area contributed by atoms with Gasteiger partial charge in [-0.2, -0.15) is 0 Å². The van der Waals surface area contributed by atoms with E-state index in [1.54, 1.807) is 13.1 Å². The third-order valence-corrected chi connectivity index (χ3v) is 6.08. The SMILES string of the molecule is CN=C(NCCS(=O)Cc1ccccc1)N1CCN(c2ccccc2F)CC1. The molecule has 0 bridgehead atoms. The quantitative estimate of drug-likeness (QED) is 0.596. The first-order valence-corrected chi connectivity index (χ1v) is 11.0. The molecule has 1 atom stereocenters. The molecule has 0 amide bonds. The summed E-state index contributed by atoms with van der Waals surface area (Å²) >= 11 is 0. The van der Waals surface area contributed by atoms with Gasteiger partial charge in [0.15, 0.2) is 5.96 Å². The lowest BCUT2D eigenvalue weighted by molar-refractivity contribution is 0.372. The van der Waals surface area contributed by atoms with Crippen LogP contribution in [-0.4, -0.2) is 60.6 Å². The first-order valence-electron chi connectivity index (χ1n) is 9.51. The number of rotatable bonds is 6. The summed E-state index contributed by atoms with van der Waals surface area (Å²) in [7, 11) is 0.843. The monoisotopic (exact) mass is 402 g/mol. The molecule has 1 heterocycles. The van der Waals surface area contributed by atoms with Crippen molar-refractivity contribution in [2.75, 3.05) is 50.4 Å². The summed E-state index contributed by atoms with van der Waals surface area (Å²) < 4.78 is 26.2. The second kappa shape index (κ2) is 10.2. The Morgan fingerprint density at radius 3 is 2.43 bits per heavy atom. The number of nitrogens with one attached hydrogen (secondary N) is 1. The fraction of sp³-hybridized carbons (Fsp3) is 0.381. The van der Waals surface area contributed by atoms with Crippen molar-refractivity contribution in [2.24, 2.45) is 4.99 Å². The van der Waals surface area contributed by atoms with Gasteiger partial charge in [-0.15, -0.1) is 0 Å². The minimum absolute atomic E-state index is 0.181. The average Bonchev–Trinajstić information content (AvgIpc) is 2.73. The Bertz CT molecular complexity index is 807. The Kier molecular flexibility index (Phi) is 7.42. The number of para-hydroxylation sites is 1. The summed E-state index contributed by atoms with van der Waals surface area (Å²) in [6.45, 7) is 3.62. The van der Waals surface area contributed by atoms with Gasteiger partial charge in [-0.25, -0.2) is 4.39 Å². The van der Waals surface area contributed by atoms with Gasteiger partial charge in [0.1, 0.15) is 5.82 Å². The molecule has 1 aliphatic rings. The molecule has 0 saturated carbocycles. The van der Waals surface area contributed by atoms with Crippen molar-refractivity contribution >= 4 is 22.4 Å². The number of halogens is 1. The Balaban J connectivity index is 1.43. The fourth-order valence-corrected chi connectivity index (χ4v) is 4.35. The zero-order valence-electron chi connectivity index (χ0n) is 16.2. The van der Waals surface area contributed by atoms with Gasteiger partial charge in [0, 0.05) is 62.1 Å². The molecule has 5 nitrogen and oxygen atoms in total. The smallest absolute Gasteiger partial charge is 0.193 e. The van der Waals surface area contributed by atoms with Crippen LogP contribution in [0.1, 0.15) is 5.56 Å². The zero-order chi connectivity index (χ0) is 19.8. The molecule has 0 radical (unpaired) electrons. The van der Waals surface area contributed by atoms with E-state index in [0.717, 1.165) is 37.7 Å². The molecule has 0 aliphatic carbocycles. The van der Waals surface area contributed by atoms with E-state index in [1.807, 2.05) is 42.5 Å². The number of benzene rings is 2. The van der Waals surface area contributed by atoms with Gasteiger partial charge in [0.2, 0.25) is 0 Å². The molecule has 0 spiro atoms. The summed E-state index contributed by atoms with van der Waals surface area (Å²) in [6, 6.07) is 16.8. The van der Waals surface area contributed by atoms with Crippen LogP contribution in [0.5, 0.6) is 0 Å². The van der Waals surface area contributed by atoms with Crippen LogP contribution in [0.3, 0.4) is 0 Å². The Hall–Kier alpha value is -2.41. The second-order valence-electron chi connectivity index (χ2n) is 6.67. The van der Waals surface area contributed by atoms with Crippen LogP contribution >= 0.6 is 0 Å². The third-order valence-electron chi connectivity index (χ3n) is 4.77. The second-order valence-corrected chi connectivity index (χ2v) is 8.25. The normalized spacial score (nSPS) is 16.1. The molecule has 1 N–H and O–H groups in total. The number of anilines is 1. The third kappa shape index (κ3) is 5.55. The van der Waals surface area contributed by atoms with Crippen LogP contribution in [0.2, 0.25) is 0 Å². The largest absolute Gasteiger partial charge is 0.366 e. The molecule has 1 fully saturated rings. The number of hydrogen-bond acceptors (Lipinski definition) is 3. The van der Waals surface area contributed by atoms with Crippen molar-refractivity contribution in [1.82, 2.24) is 10.2 Å². The highest BCUT2D eigenvalue weighted by Crippen LogP contribution is 2.20. The molecular formula is C21H27FN4OS. The number of nitrogens with zero attached hydrogens (tertiary/aromatic N) is 3. The molecule has 28 heavy (non-hydrogen) atoms. The maximum atomic E-state index is 14.0. The summed E-state index contributed by atoms with van der Waals surface area (Å²) in [6.07, 6.45) is 0. The van der Waals surface area contributed by atoms with E-state index in [-0.39, 0.29) is 5.82 Å². The molecule has 3 rings (SSSR count). The number of aliphatic imine (C=N–C) groups is 1. The van der Waals surface area contributed by atoms with Crippen molar-refractivity contribution in [1.29, 1.82) is 0 Å². The van der Waals surface area contributed by atoms with Gasteiger partial charge < -0.3 is 15.1 Å². The van der Waals surface area contributed by atoms with Gasteiger partial charge in [0.25, 0.3) is 0 Å². The molecule has 1 aliphatic heterocycles. The van der Waals surface area contributed by atoms with Gasteiger partial charge in [-0.3, -0.25) is 9.20 Å². The summed E-state index contributed by atoms with van der Waals surface area (Å²) in [5.41, 5.74) is 1.75. The highest BCUT2D eigenvalue weighted by atomic mass is 32.2. The topological polar surface area (TPSA) is 47.9 Å². The predicted octanol–water partition coefficient (Wildman–Crippen LogP) is 2.47. The van der Waals surface area contributed by atoms with Crippen molar-refractivity contribution in [3.8, 4) is 0 Å². The van der Waals surface area contributed by atoms with Crippen LogP contribution < -0.4 is 10.2 Å². The molecule has 150 valence electrons. The molecule has 1 saturated heterocycles. The Labute approximate surface area is 168 Å². The molecule has 0 aromatic heterocycles. The highest BCUT2D eigenvalue weighted by molar-refractivity contribution is 7.84. The first kappa shape index (κ1) is 20.3. The van der Waals surface area contributed by atoms with Crippen LogP contribution in [0.15, 0.2) is 59.6 Å². The van der Waals surface area contributed by atoms with Gasteiger partial charge >= 0.3 is 0 Å². The van der Waals surface area contributed by atoms with E-state index in [0.29, 0.717) is 23.7 Å². The van der Waals surface area contributed by atoms with Crippen molar-refractivity contribution < 1.29 is 8.60 Å². The van der Waals surface area contributed by atoms with E-state index in [2.05, 4.69) is 20.1 Å². The molecule has 2 aromatic carbocycles. The maximum Gasteiger partial charge on any atom is 0.193 e. The molecule has 1 unspecified atom stereocenters. The Morgan fingerprint density at radius 2 is 1.75 bits per heavy atom. The van der Waals surface area contributed by atoms with Crippen molar-refractivity contribution in [2.45, 2.75) is 5.75 Å². The number of hydrogen-bond donors (Lipinski definition) is 1. The van der Waals surface area contributed by atoms with Gasteiger partial charge in [0.05, 0.1) is 5.69 Å². The van der Waals surface area contributed by atoms with Gasteiger partial charge in [-0.05, 0) is 17.7 Å². The molecular weight excluding hydrogens is 375 g/mol. The predicted molar refractivity (Wildman–Crippen MR) is 115 cm³/mol. The van der Waals surface area contributed by atoms with E-state index in [4.69, 9.17) is 0 Å². The van der Waals surface area contributed by atoms with Crippen LogP contribution in [0.4, 0.5) is 10.1 Å². The first-order chi connectivity index (χ1) is 13.7. The van der Waals surface area contributed by atoms with E-state index in [1.165, 1.54) is 6.07 Å². The standard InChI is InChI=1S/C21H27FN4OS/c1-23-21(24-11-16-28(27)17-18-7-3-2-4-8-18)26-14-12-25(13-15-26)20-10-6-5-9-19(20)22/h2-10H,11-17H2,1H3,(H,23,24). The van der Waals surface area contributed by atoms with E-state index < -0.39 is 10.8 Å². The van der Waals surface area contributed by atoms with Crippen LogP contribution in [-0.2, 0) is 16.6 Å². The van der Waals surface area contributed by atoms with Crippen molar-refractivity contribution in [3.63, 3.8) is 0 Å². The minimum atomic E-state index is -0.914. The minimum Gasteiger partial charge on any atom is -0.366 e. The maximum absolute atomic E-state index is 14.0. The van der Waals surface area contributed by atoms with E-state index in [9.17, 15) is 8.60 Å². The van der Waals surface area contributed by atoms with Crippen molar-refractivity contribution in [3.05, 3.63) is 66.0 Å². The zero-order valence-corrected chi connectivity index (χ0v) is 17.0. The highest BCUT2D eigenvalue weighted by Gasteiger charge is 2.21. The summed E-state index contributed by atoms with van der Waals surface area (Å²) in [4.78, 5) is 8.58. The Morgan fingerprint density at radius 1 is 1.07 bits per heavy atom. The van der Waals surface area contributed by atoms with Gasteiger partial charge in [-0.1, -0.05) is 42.5 Å². The van der Waals surface area contributed by atoms with Crippen LogP contribution in [0, 0.1) is 5.82 Å². The summed E-state index contributed by atoms with van der Waals surface area (Å²) in [5, 5.41) is 3.31. The number of guanidine groups is 1. The lowest BCUT2D eigenvalue weighted by atomic mass is 10.2. The lowest BCUT2D eigenvalue weighted by Crippen LogP contribution is -2.53. The number of piperazine rings is 1. The molecule has 7 heteroatoms. The van der Waals surface area contributed by atoms with E-state index >= 15 is 0 Å².